The number of carbonyl (C=O) groups is 1. The average molecular weight is 297 g/mol. The lowest BCUT2D eigenvalue weighted by Crippen LogP contribution is -2.33. The highest BCUT2D eigenvalue weighted by molar-refractivity contribution is 9.10. The van der Waals surface area contributed by atoms with E-state index in [-0.39, 0.29) is 11.9 Å². The van der Waals surface area contributed by atoms with Crippen LogP contribution in [0.5, 0.6) is 0 Å². The molecule has 1 saturated heterocycles. The van der Waals surface area contributed by atoms with Gasteiger partial charge < -0.3 is 10.6 Å². The summed E-state index contributed by atoms with van der Waals surface area (Å²) in [5, 5.41) is 0. The molecule has 0 radical (unpaired) electrons. The van der Waals surface area contributed by atoms with E-state index in [0.29, 0.717) is 5.92 Å². The maximum Gasteiger partial charge on any atom is 0.255 e. The zero-order chi connectivity index (χ0) is 12.4. The molecule has 2 N–H and O–H groups in total. The molecule has 4 heteroatoms. The molecule has 1 fully saturated rings. The summed E-state index contributed by atoms with van der Waals surface area (Å²) in [6.07, 6.45) is 1.01. The first kappa shape index (κ1) is 12.6. The fourth-order valence-corrected chi connectivity index (χ4v) is 2.66. The van der Waals surface area contributed by atoms with Gasteiger partial charge in [-0.25, -0.2) is 0 Å². The summed E-state index contributed by atoms with van der Waals surface area (Å²) < 4.78 is 0.856. The molecule has 0 bridgehead atoms. The van der Waals surface area contributed by atoms with Crippen molar-refractivity contribution in [2.75, 3.05) is 13.1 Å². The van der Waals surface area contributed by atoms with Crippen molar-refractivity contribution < 1.29 is 4.79 Å². The van der Waals surface area contributed by atoms with Gasteiger partial charge in [0.2, 0.25) is 0 Å². The molecule has 2 unspecified atom stereocenters. The third-order valence-corrected chi connectivity index (χ3v) is 4.05. The van der Waals surface area contributed by atoms with Crippen molar-refractivity contribution in [3.63, 3.8) is 0 Å². The Hall–Kier alpha value is -0.870. The summed E-state index contributed by atoms with van der Waals surface area (Å²) >= 11 is 3.42. The van der Waals surface area contributed by atoms with Crippen LogP contribution >= 0.6 is 15.9 Å². The van der Waals surface area contributed by atoms with E-state index in [1.54, 1.807) is 0 Å². The largest absolute Gasteiger partial charge is 0.338 e. The molecule has 2 atom stereocenters. The Morgan fingerprint density at radius 1 is 1.53 bits per heavy atom. The molecule has 1 aromatic rings. The number of halogens is 1. The van der Waals surface area contributed by atoms with Gasteiger partial charge in [-0.15, -0.1) is 0 Å². The lowest BCUT2D eigenvalue weighted by Gasteiger charge is -2.18. The van der Waals surface area contributed by atoms with Crippen LogP contribution in [0.3, 0.4) is 0 Å². The van der Waals surface area contributed by atoms with Crippen molar-refractivity contribution in [1.29, 1.82) is 0 Å². The van der Waals surface area contributed by atoms with E-state index in [1.165, 1.54) is 0 Å². The topological polar surface area (TPSA) is 46.3 Å². The summed E-state index contributed by atoms with van der Waals surface area (Å²) in [5.74, 6) is 0.530. The molecular formula is C13H17BrN2O. The Balaban J connectivity index is 2.10. The van der Waals surface area contributed by atoms with Crippen LogP contribution in [-0.2, 0) is 0 Å². The molecule has 2 rings (SSSR count). The van der Waals surface area contributed by atoms with Gasteiger partial charge in [0, 0.05) is 23.6 Å². The van der Waals surface area contributed by atoms with Gasteiger partial charge in [0.25, 0.3) is 5.91 Å². The highest BCUT2D eigenvalue weighted by Gasteiger charge is 2.29. The molecule has 92 valence electrons. The van der Waals surface area contributed by atoms with E-state index in [4.69, 9.17) is 5.73 Å². The molecular weight excluding hydrogens is 280 g/mol. The van der Waals surface area contributed by atoms with Crippen LogP contribution in [-0.4, -0.2) is 29.9 Å². The van der Waals surface area contributed by atoms with Gasteiger partial charge in [-0.05, 0) is 47.3 Å². The van der Waals surface area contributed by atoms with Crippen LogP contribution < -0.4 is 5.73 Å². The van der Waals surface area contributed by atoms with Crippen molar-refractivity contribution in [2.24, 2.45) is 11.7 Å². The molecule has 17 heavy (non-hydrogen) atoms. The molecule has 1 aliphatic heterocycles. The maximum atomic E-state index is 12.3. The molecule has 0 saturated carbocycles. The van der Waals surface area contributed by atoms with Crippen molar-refractivity contribution in [2.45, 2.75) is 19.4 Å². The minimum Gasteiger partial charge on any atom is -0.338 e. The van der Waals surface area contributed by atoms with Crippen LogP contribution in [0.25, 0.3) is 0 Å². The van der Waals surface area contributed by atoms with Crippen LogP contribution in [0, 0.1) is 5.92 Å². The van der Waals surface area contributed by atoms with Gasteiger partial charge in [-0.1, -0.05) is 12.1 Å². The SMILES string of the molecule is CC(N)C1CCN(C(=O)c2ccccc2Br)C1. The fraction of sp³-hybridized carbons (Fsp3) is 0.462. The van der Waals surface area contributed by atoms with Gasteiger partial charge in [0.05, 0.1) is 5.56 Å². The first-order valence-electron chi connectivity index (χ1n) is 5.89. The number of hydrogen-bond acceptors (Lipinski definition) is 2. The van der Waals surface area contributed by atoms with Gasteiger partial charge >= 0.3 is 0 Å². The Bertz CT molecular complexity index is 420. The van der Waals surface area contributed by atoms with E-state index < -0.39 is 0 Å². The minimum atomic E-state index is 0.0978. The molecule has 0 aromatic heterocycles. The summed E-state index contributed by atoms with van der Waals surface area (Å²) in [7, 11) is 0. The Morgan fingerprint density at radius 2 is 2.24 bits per heavy atom. The minimum absolute atomic E-state index is 0.0978. The van der Waals surface area contributed by atoms with Crippen molar-refractivity contribution in [3.05, 3.63) is 34.3 Å². The van der Waals surface area contributed by atoms with Crippen LogP contribution in [0.1, 0.15) is 23.7 Å². The molecule has 3 nitrogen and oxygen atoms in total. The second-order valence-electron chi connectivity index (χ2n) is 4.64. The monoisotopic (exact) mass is 296 g/mol. The number of hydrogen-bond donors (Lipinski definition) is 1. The first-order valence-corrected chi connectivity index (χ1v) is 6.68. The number of benzene rings is 1. The highest BCUT2D eigenvalue weighted by atomic mass is 79.9. The number of amides is 1. The summed E-state index contributed by atoms with van der Waals surface area (Å²) in [6.45, 7) is 3.60. The van der Waals surface area contributed by atoms with E-state index in [2.05, 4.69) is 15.9 Å². The van der Waals surface area contributed by atoms with Gasteiger partial charge in [0.15, 0.2) is 0 Å². The van der Waals surface area contributed by atoms with Crippen LogP contribution in [0.2, 0.25) is 0 Å². The maximum absolute atomic E-state index is 12.3. The third-order valence-electron chi connectivity index (χ3n) is 3.36. The number of rotatable bonds is 2. The zero-order valence-electron chi connectivity index (χ0n) is 9.90. The standard InChI is InChI=1S/C13H17BrN2O/c1-9(15)10-6-7-16(8-10)13(17)11-4-2-3-5-12(11)14/h2-5,9-10H,6-8,15H2,1H3. The van der Waals surface area contributed by atoms with E-state index >= 15 is 0 Å². The lowest BCUT2D eigenvalue weighted by atomic mass is 10.0. The van der Waals surface area contributed by atoms with E-state index in [1.807, 2.05) is 36.1 Å². The Morgan fingerprint density at radius 3 is 2.82 bits per heavy atom. The van der Waals surface area contributed by atoms with Crippen molar-refractivity contribution >= 4 is 21.8 Å². The molecule has 1 heterocycles. The lowest BCUT2D eigenvalue weighted by molar-refractivity contribution is 0.0785. The average Bonchev–Trinajstić information content (AvgIpc) is 2.78. The number of carbonyl (C=O) groups excluding carboxylic acids is 1. The van der Waals surface area contributed by atoms with E-state index in [0.717, 1.165) is 29.5 Å². The summed E-state index contributed by atoms with van der Waals surface area (Å²) in [5.41, 5.74) is 6.62. The summed E-state index contributed by atoms with van der Waals surface area (Å²) in [4.78, 5) is 14.2. The van der Waals surface area contributed by atoms with Gasteiger partial charge in [-0.2, -0.15) is 0 Å². The molecule has 1 aromatic carbocycles. The Labute approximate surface area is 110 Å². The highest BCUT2D eigenvalue weighted by Crippen LogP contribution is 2.23. The normalized spacial score (nSPS) is 21.6. The quantitative estimate of drug-likeness (QED) is 0.910. The smallest absolute Gasteiger partial charge is 0.255 e. The zero-order valence-corrected chi connectivity index (χ0v) is 11.5. The van der Waals surface area contributed by atoms with E-state index in [9.17, 15) is 4.79 Å². The Kier molecular flexibility index (Phi) is 3.84. The predicted molar refractivity (Wildman–Crippen MR) is 71.8 cm³/mol. The molecule has 0 spiro atoms. The van der Waals surface area contributed by atoms with Crippen LogP contribution in [0.4, 0.5) is 0 Å². The summed E-state index contributed by atoms with van der Waals surface area (Å²) in [6, 6.07) is 7.71. The number of likely N-dealkylation sites (tertiary alicyclic amines) is 1. The third kappa shape index (κ3) is 2.69. The van der Waals surface area contributed by atoms with Crippen molar-refractivity contribution in [1.82, 2.24) is 4.90 Å². The molecule has 1 amide bonds. The number of nitrogens with zero attached hydrogens (tertiary/aromatic N) is 1. The van der Waals surface area contributed by atoms with Gasteiger partial charge in [0.1, 0.15) is 0 Å². The second kappa shape index (κ2) is 5.19. The van der Waals surface area contributed by atoms with Gasteiger partial charge in [-0.3, -0.25) is 4.79 Å². The molecule has 0 aliphatic carbocycles. The second-order valence-corrected chi connectivity index (χ2v) is 5.49. The molecule has 1 aliphatic rings. The van der Waals surface area contributed by atoms with Crippen LogP contribution in [0.15, 0.2) is 28.7 Å². The van der Waals surface area contributed by atoms with Crippen molar-refractivity contribution in [3.8, 4) is 0 Å². The number of nitrogens with two attached hydrogens (primary N) is 1. The first-order chi connectivity index (χ1) is 8.09. The fourth-order valence-electron chi connectivity index (χ4n) is 2.21. The predicted octanol–water partition coefficient (Wildman–Crippen LogP) is 2.26.